The van der Waals surface area contributed by atoms with Gasteiger partial charge in [-0.25, -0.2) is 0 Å². The number of ether oxygens (including phenoxy) is 3. The average molecular weight is 645 g/mol. The van der Waals surface area contributed by atoms with E-state index in [-0.39, 0.29) is 31.1 Å². The molecule has 2 aliphatic heterocycles. The number of carbonyl (C=O) groups excluding carboxylic acids is 1. The van der Waals surface area contributed by atoms with Crippen molar-refractivity contribution in [3.8, 4) is 11.1 Å². The smallest absolute Gasteiger partial charge is 0.303 e. The summed E-state index contributed by atoms with van der Waals surface area (Å²) in [5.74, 6) is -0.824. The third-order valence-corrected chi connectivity index (χ3v) is 9.14. The van der Waals surface area contributed by atoms with E-state index in [0.717, 1.165) is 78.8 Å². The number of hydrogen-bond donors (Lipinski definition) is 3. The largest absolute Gasteiger partial charge is 0.481 e. The number of carboxylic acid groups (broad SMARTS) is 1. The van der Waals surface area contributed by atoms with Gasteiger partial charge in [-0.3, -0.25) is 14.5 Å². The number of hydrogen-bond acceptors (Lipinski definition) is 7. The Kier molecular flexibility index (Phi) is 12.9. The number of unbranched alkanes of at least 4 members (excludes halogenated alkanes) is 2. The third kappa shape index (κ3) is 10.2. The highest BCUT2D eigenvalue weighted by Gasteiger charge is 2.35. The van der Waals surface area contributed by atoms with E-state index in [2.05, 4.69) is 46.6 Å². The van der Waals surface area contributed by atoms with Crippen molar-refractivity contribution in [3.05, 3.63) is 95.1 Å². The highest BCUT2D eigenvalue weighted by Crippen LogP contribution is 2.39. The van der Waals surface area contributed by atoms with Crippen molar-refractivity contribution in [2.24, 2.45) is 0 Å². The van der Waals surface area contributed by atoms with Crippen molar-refractivity contribution in [2.45, 2.75) is 89.1 Å². The molecule has 9 nitrogen and oxygen atoms in total. The van der Waals surface area contributed by atoms with Crippen LogP contribution in [0.25, 0.3) is 11.1 Å². The third-order valence-electron chi connectivity index (χ3n) is 9.14. The highest BCUT2D eigenvalue weighted by molar-refractivity contribution is 5.76. The van der Waals surface area contributed by atoms with Crippen LogP contribution in [0.15, 0.2) is 72.8 Å². The number of amides is 1. The van der Waals surface area contributed by atoms with Gasteiger partial charge in [-0.05, 0) is 66.1 Å². The van der Waals surface area contributed by atoms with E-state index in [1.807, 2.05) is 36.4 Å². The van der Waals surface area contributed by atoms with Crippen LogP contribution in [0.5, 0.6) is 0 Å². The number of methoxy groups -OCH3 is 1. The van der Waals surface area contributed by atoms with Crippen LogP contribution in [0.2, 0.25) is 0 Å². The lowest BCUT2D eigenvalue weighted by molar-refractivity contribution is -0.253. The highest BCUT2D eigenvalue weighted by atomic mass is 16.7. The topological polar surface area (TPSA) is 118 Å². The number of rotatable bonds is 16. The molecule has 1 amide bonds. The lowest BCUT2D eigenvalue weighted by atomic mass is 9.98. The zero-order valence-electron chi connectivity index (χ0n) is 27.3. The van der Waals surface area contributed by atoms with Crippen LogP contribution in [0.4, 0.5) is 0 Å². The number of aliphatic hydroxyl groups is 1. The van der Waals surface area contributed by atoms with Gasteiger partial charge in [0.25, 0.3) is 0 Å². The van der Waals surface area contributed by atoms with Gasteiger partial charge in [0, 0.05) is 51.1 Å². The van der Waals surface area contributed by atoms with E-state index >= 15 is 0 Å². The number of benzene rings is 3. The van der Waals surface area contributed by atoms with E-state index in [9.17, 15) is 14.7 Å². The van der Waals surface area contributed by atoms with Gasteiger partial charge >= 0.3 is 5.97 Å². The molecule has 9 heteroatoms. The Balaban J connectivity index is 1.23. The minimum absolute atomic E-state index is 0.00923. The average Bonchev–Trinajstić information content (AvgIpc) is 3.53. The summed E-state index contributed by atoms with van der Waals surface area (Å²) in [5.41, 5.74) is 6.03. The molecule has 2 aliphatic rings. The Morgan fingerprint density at radius 3 is 2.43 bits per heavy atom. The maximum atomic E-state index is 12.3. The molecular weight excluding hydrogens is 596 g/mol. The fraction of sp³-hybridized carbons (Fsp3) is 0.474. The van der Waals surface area contributed by atoms with Gasteiger partial charge < -0.3 is 29.7 Å². The summed E-state index contributed by atoms with van der Waals surface area (Å²) in [6.45, 7) is 3.04. The zero-order chi connectivity index (χ0) is 33.0. The molecule has 0 aliphatic carbocycles. The van der Waals surface area contributed by atoms with Crippen LogP contribution in [0.1, 0.15) is 86.0 Å². The molecular formula is C38H48N2O7. The molecule has 2 heterocycles. The van der Waals surface area contributed by atoms with E-state index < -0.39 is 12.3 Å². The Morgan fingerprint density at radius 1 is 0.915 bits per heavy atom. The molecule has 3 aromatic rings. The van der Waals surface area contributed by atoms with Crippen molar-refractivity contribution in [1.82, 2.24) is 10.2 Å². The first-order chi connectivity index (χ1) is 22.9. The number of likely N-dealkylation sites (tertiary alicyclic amines) is 1. The molecule has 4 atom stereocenters. The van der Waals surface area contributed by atoms with Crippen molar-refractivity contribution in [2.75, 3.05) is 26.8 Å². The van der Waals surface area contributed by atoms with Crippen molar-refractivity contribution >= 4 is 11.9 Å². The standard InChI is InChI=1S/C38H48N2O7/c1-45-26-33-9-6-20-40(33)24-34-22-35(30-14-12-27(25-41)13-15-30)47-38(46-34)31-18-16-29(17-19-31)32-8-5-7-28(21-32)23-39-36(42)10-3-2-4-11-37(43)44/h5,7-8,12-19,21,33-35,38,41H,2-4,6,9-11,20,22-26H2,1H3,(H,39,42)(H,43,44). The lowest BCUT2D eigenvalue weighted by Gasteiger charge is -2.38. The number of carbonyl (C=O) groups is 2. The van der Waals surface area contributed by atoms with Gasteiger partial charge in [0.1, 0.15) is 0 Å². The molecule has 2 saturated heterocycles. The second kappa shape index (κ2) is 17.5. The van der Waals surface area contributed by atoms with Crippen LogP contribution >= 0.6 is 0 Å². The molecule has 0 saturated carbocycles. The molecule has 3 aromatic carbocycles. The molecule has 3 N–H and O–H groups in total. The Bertz CT molecular complexity index is 1430. The first kappa shape index (κ1) is 34.7. The van der Waals surface area contributed by atoms with Crippen molar-refractivity contribution in [1.29, 1.82) is 0 Å². The van der Waals surface area contributed by atoms with Gasteiger partial charge in [-0.15, -0.1) is 0 Å². The number of nitrogens with zero attached hydrogens (tertiary/aromatic N) is 1. The summed E-state index contributed by atoms with van der Waals surface area (Å²) in [4.78, 5) is 25.4. The summed E-state index contributed by atoms with van der Waals surface area (Å²) < 4.78 is 18.7. The van der Waals surface area contributed by atoms with Crippen LogP contribution in [-0.2, 0) is 37.0 Å². The van der Waals surface area contributed by atoms with Gasteiger partial charge in [0.15, 0.2) is 6.29 Å². The second-order valence-electron chi connectivity index (χ2n) is 12.6. The normalized spacial score (nSPS) is 21.5. The quantitative estimate of drug-likeness (QED) is 0.159. The maximum Gasteiger partial charge on any atom is 0.303 e. The van der Waals surface area contributed by atoms with Gasteiger partial charge in [0.05, 0.1) is 25.4 Å². The maximum absolute atomic E-state index is 12.3. The summed E-state index contributed by atoms with van der Waals surface area (Å²) >= 11 is 0. The van der Waals surface area contributed by atoms with E-state index in [1.165, 1.54) is 0 Å². The van der Waals surface area contributed by atoms with Gasteiger partial charge in [-0.2, -0.15) is 0 Å². The molecule has 0 spiro atoms. The summed E-state index contributed by atoms with van der Waals surface area (Å²) in [6.07, 6.45) is 4.94. The van der Waals surface area contributed by atoms with Crippen LogP contribution in [-0.4, -0.2) is 65.9 Å². The Hall–Kier alpha value is -3.60. The zero-order valence-corrected chi connectivity index (χ0v) is 27.3. The number of aliphatic hydroxyl groups excluding tert-OH is 1. The summed E-state index contributed by atoms with van der Waals surface area (Å²) in [7, 11) is 1.76. The minimum Gasteiger partial charge on any atom is -0.481 e. The Morgan fingerprint density at radius 2 is 1.68 bits per heavy atom. The molecule has 0 radical (unpaired) electrons. The van der Waals surface area contributed by atoms with E-state index in [0.29, 0.717) is 31.8 Å². The van der Waals surface area contributed by atoms with Gasteiger partial charge in [-0.1, -0.05) is 73.2 Å². The van der Waals surface area contributed by atoms with Crippen LogP contribution in [0, 0.1) is 0 Å². The second-order valence-corrected chi connectivity index (χ2v) is 12.6. The number of carboxylic acids is 1. The Labute approximate surface area is 277 Å². The molecule has 5 rings (SSSR count). The van der Waals surface area contributed by atoms with E-state index in [1.54, 1.807) is 7.11 Å². The van der Waals surface area contributed by atoms with E-state index in [4.69, 9.17) is 19.3 Å². The minimum atomic E-state index is -0.798. The lowest BCUT2D eigenvalue weighted by Crippen LogP contribution is -2.42. The first-order valence-electron chi connectivity index (χ1n) is 16.8. The fourth-order valence-corrected chi connectivity index (χ4v) is 6.53. The predicted octanol–water partition coefficient (Wildman–Crippen LogP) is 6.15. The molecule has 4 unspecified atom stereocenters. The first-order valence-corrected chi connectivity index (χ1v) is 16.8. The monoisotopic (exact) mass is 644 g/mol. The van der Waals surface area contributed by atoms with Crippen molar-refractivity contribution in [3.63, 3.8) is 0 Å². The molecule has 2 fully saturated rings. The van der Waals surface area contributed by atoms with Crippen LogP contribution in [0.3, 0.4) is 0 Å². The summed E-state index contributed by atoms with van der Waals surface area (Å²) in [6, 6.07) is 24.8. The predicted molar refractivity (Wildman–Crippen MR) is 179 cm³/mol. The van der Waals surface area contributed by atoms with Crippen LogP contribution < -0.4 is 5.32 Å². The SMILES string of the molecule is COCC1CCCN1CC1CC(c2ccc(CO)cc2)OC(c2ccc(-c3cccc(CNC(=O)CCCCCC(=O)O)c3)cc2)O1. The molecule has 0 aromatic heterocycles. The number of nitrogens with one attached hydrogen (secondary N) is 1. The molecule has 47 heavy (non-hydrogen) atoms. The van der Waals surface area contributed by atoms with Gasteiger partial charge in [0.2, 0.25) is 5.91 Å². The van der Waals surface area contributed by atoms with Crippen molar-refractivity contribution < 1.29 is 34.0 Å². The molecule has 0 bridgehead atoms. The summed E-state index contributed by atoms with van der Waals surface area (Å²) in [5, 5.41) is 21.3. The molecule has 252 valence electrons. The number of aliphatic carboxylic acids is 1. The fourth-order valence-electron chi connectivity index (χ4n) is 6.53.